The Kier molecular flexibility index (Phi) is 4.71. The Morgan fingerprint density at radius 1 is 1.48 bits per heavy atom. The molecule has 2 amide bonds. The van der Waals surface area contributed by atoms with Gasteiger partial charge in [0, 0.05) is 6.54 Å². The van der Waals surface area contributed by atoms with Crippen molar-refractivity contribution in [3.05, 3.63) is 29.6 Å². The summed E-state index contributed by atoms with van der Waals surface area (Å²) < 4.78 is 18.9. The molecule has 2 rings (SSSR count). The maximum Gasteiger partial charge on any atom is 0.335 e. The van der Waals surface area contributed by atoms with Crippen LogP contribution in [0.15, 0.2) is 18.2 Å². The summed E-state index contributed by atoms with van der Waals surface area (Å²) in [6.45, 7) is 0.578. The second kappa shape index (κ2) is 6.51. The highest BCUT2D eigenvalue weighted by atomic mass is 19.1. The third kappa shape index (κ3) is 3.47. The van der Waals surface area contributed by atoms with Crippen LogP contribution in [0.2, 0.25) is 0 Å². The highest BCUT2D eigenvalue weighted by Gasteiger charge is 2.27. The van der Waals surface area contributed by atoms with Gasteiger partial charge in [-0.1, -0.05) is 0 Å². The second-order valence-electron chi connectivity index (χ2n) is 4.53. The molecule has 0 saturated carbocycles. The molecule has 1 aliphatic heterocycles. The topological polar surface area (TPSA) is 99.1 Å². The Morgan fingerprint density at radius 2 is 2.24 bits per heavy atom. The van der Waals surface area contributed by atoms with Crippen LogP contribution in [0.3, 0.4) is 0 Å². The summed E-state index contributed by atoms with van der Waals surface area (Å²) in [6, 6.07) is 2.16. The average molecular weight is 298 g/mol. The maximum absolute atomic E-state index is 13.7. The zero-order chi connectivity index (χ0) is 15.4. The number of benzene rings is 1. The van der Waals surface area contributed by atoms with Crippen molar-refractivity contribution >= 4 is 17.7 Å². The van der Waals surface area contributed by atoms with Gasteiger partial charge in [-0.2, -0.15) is 0 Å². The molecule has 8 heteroatoms. The lowest BCUT2D eigenvalue weighted by atomic mass is 10.2. The van der Waals surface area contributed by atoms with E-state index in [9.17, 15) is 19.1 Å². The average Bonchev–Trinajstić information content (AvgIpc) is 2.48. The quantitative estimate of drug-likeness (QED) is 0.764. The number of urea groups is 1. The van der Waals surface area contributed by atoms with E-state index >= 15 is 0 Å². The Balaban J connectivity index is 2.10. The molecule has 1 aromatic carbocycles. The fourth-order valence-corrected chi connectivity index (χ4v) is 2.01. The van der Waals surface area contributed by atoms with Crippen LogP contribution >= 0.6 is 0 Å². The van der Waals surface area contributed by atoms with E-state index in [1.165, 1.54) is 17.0 Å². The number of hydrogen-bond donors (Lipinski definition) is 3. The molecule has 1 atom stereocenters. The van der Waals surface area contributed by atoms with Gasteiger partial charge in [0.1, 0.15) is 5.82 Å². The highest BCUT2D eigenvalue weighted by molar-refractivity contribution is 5.92. The number of aliphatic hydroxyl groups is 1. The number of hydrogen-bond acceptors (Lipinski definition) is 4. The van der Waals surface area contributed by atoms with Gasteiger partial charge in [-0.3, -0.25) is 0 Å². The van der Waals surface area contributed by atoms with E-state index in [1.54, 1.807) is 0 Å². The molecule has 0 bridgehead atoms. The standard InChI is InChI=1S/C13H15FN2O5/c14-10-5-8(12(18)19)1-2-11(10)15-13(20)16-3-4-21-7-9(16)6-17/h1-2,5,9,17H,3-4,6-7H2,(H,15,20)(H,18,19). The Morgan fingerprint density at radius 3 is 2.86 bits per heavy atom. The fourth-order valence-electron chi connectivity index (χ4n) is 2.01. The lowest BCUT2D eigenvalue weighted by Crippen LogP contribution is -2.52. The second-order valence-corrected chi connectivity index (χ2v) is 4.53. The summed E-state index contributed by atoms with van der Waals surface area (Å²) in [4.78, 5) is 24.1. The third-order valence-electron chi connectivity index (χ3n) is 3.16. The molecule has 0 radical (unpaired) electrons. The van der Waals surface area contributed by atoms with Gasteiger partial charge in [0.2, 0.25) is 0 Å². The lowest BCUT2D eigenvalue weighted by molar-refractivity contribution is -0.00486. The number of halogens is 1. The molecule has 3 N–H and O–H groups in total. The molecular weight excluding hydrogens is 283 g/mol. The van der Waals surface area contributed by atoms with Crippen molar-refractivity contribution in [2.24, 2.45) is 0 Å². The van der Waals surface area contributed by atoms with Crippen LogP contribution in [0.25, 0.3) is 0 Å². The van der Waals surface area contributed by atoms with E-state index in [0.29, 0.717) is 6.61 Å². The van der Waals surface area contributed by atoms with Crippen molar-refractivity contribution in [2.75, 3.05) is 31.7 Å². The Hall–Kier alpha value is -2.19. The predicted molar refractivity (Wildman–Crippen MR) is 70.8 cm³/mol. The number of ether oxygens (including phenoxy) is 1. The number of carboxylic acids is 1. The Bertz CT molecular complexity index is 551. The number of anilines is 1. The molecule has 7 nitrogen and oxygen atoms in total. The number of carboxylic acid groups (broad SMARTS) is 1. The zero-order valence-corrected chi connectivity index (χ0v) is 11.1. The van der Waals surface area contributed by atoms with Crippen LogP contribution in [-0.4, -0.2) is 59.5 Å². The van der Waals surface area contributed by atoms with E-state index in [2.05, 4.69) is 5.32 Å². The first-order valence-corrected chi connectivity index (χ1v) is 6.32. The molecule has 0 aromatic heterocycles. The molecule has 1 unspecified atom stereocenters. The zero-order valence-electron chi connectivity index (χ0n) is 11.1. The highest BCUT2D eigenvalue weighted by Crippen LogP contribution is 2.17. The van der Waals surface area contributed by atoms with E-state index in [1.807, 2.05) is 0 Å². The molecule has 114 valence electrons. The van der Waals surface area contributed by atoms with E-state index < -0.39 is 23.9 Å². The van der Waals surface area contributed by atoms with E-state index in [0.717, 1.165) is 6.07 Å². The normalized spacial score (nSPS) is 18.4. The van der Waals surface area contributed by atoms with Crippen LogP contribution in [0.5, 0.6) is 0 Å². The Labute approximate surface area is 119 Å². The summed E-state index contributed by atoms with van der Waals surface area (Å²) in [6.07, 6.45) is 0. The molecule has 0 spiro atoms. The number of aromatic carboxylic acids is 1. The molecule has 1 fully saturated rings. The number of nitrogens with zero attached hydrogens (tertiary/aromatic N) is 1. The first-order chi connectivity index (χ1) is 10.0. The number of aliphatic hydroxyl groups excluding tert-OH is 1. The van der Waals surface area contributed by atoms with Gasteiger partial charge in [-0.05, 0) is 18.2 Å². The van der Waals surface area contributed by atoms with Crippen LogP contribution in [0, 0.1) is 5.82 Å². The number of nitrogens with one attached hydrogen (secondary N) is 1. The van der Waals surface area contributed by atoms with Gasteiger partial charge < -0.3 is 25.2 Å². The molecule has 1 aromatic rings. The van der Waals surface area contributed by atoms with Gasteiger partial charge in [0.05, 0.1) is 37.1 Å². The van der Waals surface area contributed by atoms with Gasteiger partial charge >= 0.3 is 12.0 Å². The molecule has 0 aliphatic carbocycles. The van der Waals surface area contributed by atoms with Crippen molar-refractivity contribution < 1.29 is 28.9 Å². The van der Waals surface area contributed by atoms with Crippen molar-refractivity contribution in [3.8, 4) is 0 Å². The smallest absolute Gasteiger partial charge is 0.335 e. The van der Waals surface area contributed by atoms with Crippen molar-refractivity contribution in [3.63, 3.8) is 0 Å². The van der Waals surface area contributed by atoms with Crippen molar-refractivity contribution in [1.82, 2.24) is 4.90 Å². The summed E-state index contributed by atoms with van der Waals surface area (Å²) in [7, 11) is 0. The monoisotopic (exact) mass is 298 g/mol. The first-order valence-electron chi connectivity index (χ1n) is 6.32. The molecule has 21 heavy (non-hydrogen) atoms. The van der Waals surface area contributed by atoms with Gasteiger partial charge in [-0.15, -0.1) is 0 Å². The number of carbonyl (C=O) groups is 2. The SMILES string of the molecule is O=C(O)c1ccc(NC(=O)N2CCOCC2CO)c(F)c1. The summed E-state index contributed by atoms with van der Waals surface area (Å²) in [5.74, 6) is -2.09. The van der Waals surface area contributed by atoms with Crippen LogP contribution in [-0.2, 0) is 4.74 Å². The third-order valence-corrected chi connectivity index (χ3v) is 3.16. The summed E-state index contributed by atoms with van der Waals surface area (Å²) in [5, 5.41) is 20.3. The molecule has 1 heterocycles. The molecular formula is C13H15FN2O5. The van der Waals surface area contributed by atoms with Gasteiger partial charge in [-0.25, -0.2) is 14.0 Å². The number of carbonyl (C=O) groups excluding carboxylic acids is 1. The molecule has 1 aliphatic rings. The lowest BCUT2D eigenvalue weighted by Gasteiger charge is -2.34. The first kappa shape index (κ1) is 15.2. The number of amides is 2. The number of rotatable bonds is 3. The van der Waals surface area contributed by atoms with E-state index in [4.69, 9.17) is 9.84 Å². The number of morpholine rings is 1. The maximum atomic E-state index is 13.7. The minimum atomic E-state index is -1.25. The minimum Gasteiger partial charge on any atom is -0.478 e. The minimum absolute atomic E-state index is 0.117. The van der Waals surface area contributed by atoms with E-state index in [-0.39, 0.29) is 31.0 Å². The van der Waals surface area contributed by atoms with Gasteiger partial charge in [0.15, 0.2) is 0 Å². The largest absolute Gasteiger partial charge is 0.478 e. The van der Waals surface area contributed by atoms with Crippen molar-refractivity contribution in [2.45, 2.75) is 6.04 Å². The van der Waals surface area contributed by atoms with Crippen LogP contribution in [0.4, 0.5) is 14.9 Å². The van der Waals surface area contributed by atoms with Crippen molar-refractivity contribution in [1.29, 1.82) is 0 Å². The van der Waals surface area contributed by atoms with Crippen LogP contribution in [0.1, 0.15) is 10.4 Å². The molecule has 1 saturated heterocycles. The summed E-state index contributed by atoms with van der Waals surface area (Å²) in [5.41, 5.74) is -0.321. The fraction of sp³-hybridized carbons (Fsp3) is 0.385. The predicted octanol–water partition coefficient (Wildman–Crippen LogP) is 0.749. The summed E-state index contributed by atoms with van der Waals surface area (Å²) >= 11 is 0. The van der Waals surface area contributed by atoms with Crippen LogP contribution < -0.4 is 5.32 Å². The van der Waals surface area contributed by atoms with Gasteiger partial charge in [0.25, 0.3) is 0 Å².